The van der Waals surface area contributed by atoms with Crippen molar-refractivity contribution < 1.29 is 9.59 Å². The van der Waals surface area contributed by atoms with Crippen LogP contribution in [0, 0.1) is 5.92 Å². The van der Waals surface area contributed by atoms with E-state index in [0.717, 1.165) is 61.5 Å². The molecule has 1 aromatic carbocycles. The van der Waals surface area contributed by atoms with E-state index in [4.69, 9.17) is 9.97 Å². The number of carbonyl (C=O) groups is 2. The van der Waals surface area contributed by atoms with E-state index in [2.05, 4.69) is 40.4 Å². The third kappa shape index (κ3) is 6.17. The van der Waals surface area contributed by atoms with E-state index in [1.165, 1.54) is 6.92 Å². The van der Waals surface area contributed by atoms with Crippen molar-refractivity contribution in [2.75, 3.05) is 25.0 Å². The summed E-state index contributed by atoms with van der Waals surface area (Å²) in [6, 6.07) is 13.3. The zero-order chi connectivity index (χ0) is 27.4. The monoisotopic (exact) mass is 526 g/mol. The minimum atomic E-state index is -0.225. The Kier molecular flexibility index (Phi) is 8.31. The highest BCUT2D eigenvalue weighted by Crippen LogP contribution is 2.42. The Balaban J connectivity index is 1.26. The molecule has 3 aliphatic heterocycles. The number of anilines is 1. The predicted molar refractivity (Wildman–Crippen MR) is 153 cm³/mol. The van der Waals surface area contributed by atoms with Gasteiger partial charge >= 0.3 is 6.03 Å². The Morgan fingerprint density at radius 3 is 2.44 bits per heavy atom. The molecule has 4 atom stereocenters. The number of pyridine rings is 1. The van der Waals surface area contributed by atoms with Gasteiger partial charge in [0.1, 0.15) is 0 Å². The van der Waals surface area contributed by atoms with E-state index in [9.17, 15) is 9.59 Å². The SMILES string of the molecule is CCC(CC)c1cc([C@H]2CN3CC[C@H]2C[C@@H]3CNC(=O)Nc2ccc(C(C)=O)cc2)nc(-c2ccncc2)n1. The number of hydrogen-bond donors (Lipinski definition) is 2. The van der Waals surface area contributed by atoms with Crippen LogP contribution in [0.3, 0.4) is 0 Å². The molecule has 2 bridgehead atoms. The van der Waals surface area contributed by atoms with Crippen LogP contribution in [0.5, 0.6) is 0 Å². The number of hydrogen-bond acceptors (Lipinski definition) is 6. The van der Waals surface area contributed by atoms with Crippen LogP contribution in [0.15, 0.2) is 54.9 Å². The molecule has 3 aromatic rings. The molecule has 2 amide bonds. The standard InChI is InChI=1S/C31H38N6O2/c1-4-21(5-2)28-17-29(36-30(35-28)23-10-13-32-14-11-23)27-19-37-15-12-24(27)16-26(37)18-33-31(39)34-25-8-6-22(7-9-25)20(3)38/h6-11,13-14,17,21,24,26-27H,4-5,12,15-16,18-19H2,1-3H3,(H2,33,34,39)/t24-,26+,27-/m0/s1. The number of benzene rings is 1. The van der Waals surface area contributed by atoms with Crippen molar-refractivity contribution in [3.05, 3.63) is 71.8 Å². The maximum Gasteiger partial charge on any atom is 0.319 e. The zero-order valence-electron chi connectivity index (χ0n) is 23.1. The number of urea groups is 1. The third-order valence-electron chi connectivity index (χ3n) is 8.41. The first-order valence-electron chi connectivity index (χ1n) is 14.1. The second-order valence-electron chi connectivity index (χ2n) is 10.8. The van der Waals surface area contributed by atoms with Crippen LogP contribution in [-0.2, 0) is 0 Å². The van der Waals surface area contributed by atoms with E-state index >= 15 is 0 Å². The molecule has 0 aliphatic carbocycles. The van der Waals surface area contributed by atoms with Gasteiger partial charge in [0, 0.05) is 71.6 Å². The summed E-state index contributed by atoms with van der Waals surface area (Å²) in [6.45, 7) is 8.58. The minimum Gasteiger partial charge on any atom is -0.336 e. The molecule has 2 N–H and O–H groups in total. The second-order valence-corrected chi connectivity index (χ2v) is 10.8. The van der Waals surface area contributed by atoms with Crippen molar-refractivity contribution in [1.82, 2.24) is 25.2 Å². The molecule has 6 rings (SSSR count). The molecule has 0 saturated carbocycles. The van der Waals surface area contributed by atoms with Crippen LogP contribution in [0.1, 0.15) is 80.0 Å². The number of nitrogens with zero attached hydrogens (tertiary/aromatic N) is 4. The van der Waals surface area contributed by atoms with E-state index in [-0.39, 0.29) is 11.8 Å². The molecule has 1 unspecified atom stereocenters. The van der Waals surface area contributed by atoms with Gasteiger partial charge < -0.3 is 10.6 Å². The summed E-state index contributed by atoms with van der Waals surface area (Å²) >= 11 is 0. The van der Waals surface area contributed by atoms with Gasteiger partial charge in [-0.1, -0.05) is 13.8 Å². The van der Waals surface area contributed by atoms with Gasteiger partial charge in [-0.3, -0.25) is 14.7 Å². The first kappa shape index (κ1) is 26.9. The maximum absolute atomic E-state index is 12.6. The number of carbonyl (C=O) groups excluding carboxylic acids is 2. The first-order chi connectivity index (χ1) is 18.9. The fourth-order valence-corrected chi connectivity index (χ4v) is 6.08. The molecule has 0 spiro atoms. The molecular weight excluding hydrogens is 488 g/mol. The number of ketones is 1. The van der Waals surface area contributed by atoms with Crippen molar-refractivity contribution in [1.29, 1.82) is 0 Å². The Morgan fingerprint density at radius 2 is 1.79 bits per heavy atom. The lowest BCUT2D eigenvalue weighted by atomic mass is 9.74. The largest absolute Gasteiger partial charge is 0.336 e. The maximum atomic E-state index is 12.6. The molecule has 3 saturated heterocycles. The number of amides is 2. The summed E-state index contributed by atoms with van der Waals surface area (Å²) in [4.78, 5) is 40.8. The number of aromatic nitrogens is 3. The van der Waals surface area contributed by atoms with Gasteiger partial charge in [0.2, 0.25) is 0 Å². The lowest BCUT2D eigenvalue weighted by Gasteiger charge is -2.49. The van der Waals surface area contributed by atoms with Gasteiger partial charge in [0.05, 0.1) is 0 Å². The molecule has 8 heteroatoms. The van der Waals surface area contributed by atoms with Crippen LogP contribution in [0.2, 0.25) is 0 Å². The van der Waals surface area contributed by atoms with Crippen LogP contribution >= 0.6 is 0 Å². The number of piperidine rings is 3. The Hall–Kier alpha value is -3.65. The molecule has 3 fully saturated rings. The van der Waals surface area contributed by atoms with Gasteiger partial charge in [0.15, 0.2) is 11.6 Å². The van der Waals surface area contributed by atoms with Crippen molar-refractivity contribution in [2.24, 2.45) is 5.92 Å². The zero-order valence-corrected chi connectivity index (χ0v) is 23.1. The molecule has 0 radical (unpaired) electrons. The van der Waals surface area contributed by atoms with E-state index in [1.807, 2.05) is 12.1 Å². The van der Waals surface area contributed by atoms with Gasteiger partial charge in [-0.15, -0.1) is 0 Å². The average Bonchev–Trinajstić information content (AvgIpc) is 2.97. The van der Waals surface area contributed by atoms with E-state index < -0.39 is 0 Å². The Labute approximate surface area is 230 Å². The molecule has 204 valence electrons. The van der Waals surface area contributed by atoms with Crippen molar-refractivity contribution in [3.8, 4) is 11.4 Å². The fraction of sp³-hybridized carbons (Fsp3) is 0.452. The van der Waals surface area contributed by atoms with Crippen molar-refractivity contribution in [3.63, 3.8) is 0 Å². The lowest BCUT2D eigenvalue weighted by molar-refractivity contribution is 0.0307. The van der Waals surface area contributed by atoms with E-state index in [0.29, 0.717) is 41.6 Å². The minimum absolute atomic E-state index is 0.00744. The Bertz CT molecular complexity index is 1290. The molecule has 3 aliphatic rings. The highest BCUT2D eigenvalue weighted by atomic mass is 16.2. The number of nitrogens with one attached hydrogen (secondary N) is 2. The molecular formula is C31H38N6O2. The molecule has 8 nitrogen and oxygen atoms in total. The average molecular weight is 527 g/mol. The Morgan fingerprint density at radius 1 is 1.05 bits per heavy atom. The van der Waals surface area contributed by atoms with Gasteiger partial charge in [-0.2, -0.15) is 0 Å². The summed E-state index contributed by atoms with van der Waals surface area (Å²) in [5.74, 6) is 2.11. The van der Waals surface area contributed by atoms with Crippen LogP contribution in [0.25, 0.3) is 11.4 Å². The summed E-state index contributed by atoms with van der Waals surface area (Å²) in [7, 11) is 0. The molecule has 2 aromatic heterocycles. The fourth-order valence-electron chi connectivity index (χ4n) is 6.08. The van der Waals surface area contributed by atoms with Crippen molar-refractivity contribution in [2.45, 2.75) is 64.3 Å². The van der Waals surface area contributed by atoms with Gasteiger partial charge in [-0.25, -0.2) is 14.8 Å². The first-order valence-corrected chi connectivity index (χ1v) is 14.1. The summed E-state index contributed by atoms with van der Waals surface area (Å²) in [5, 5.41) is 5.93. The van der Waals surface area contributed by atoms with Gasteiger partial charge in [-0.05, 0) is 87.5 Å². The highest BCUT2D eigenvalue weighted by Gasteiger charge is 2.41. The number of rotatable bonds is 9. The van der Waals surface area contributed by atoms with Crippen LogP contribution in [0.4, 0.5) is 10.5 Å². The number of Topliss-reactive ketones (excluding diaryl/α,β-unsaturated/α-hetero) is 1. The second kappa shape index (κ2) is 12.0. The summed E-state index contributed by atoms with van der Waals surface area (Å²) in [6.07, 6.45) is 7.88. The van der Waals surface area contributed by atoms with Crippen LogP contribution < -0.4 is 10.6 Å². The van der Waals surface area contributed by atoms with Crippen LogP contribution in [-0.4, -0.2) is 57.3 Å². The summed E-state index contributed by atoms with van der Waals surface area (Å²) in [5.41, 5.74) is 4.59. The van der Waals surface area contributed by atoms with Crippen molar-refractivity contribution >= 4 is 17.5 Å². The normalized spacial score (nSPS) is 22.1. The lowest BCUT2D eigenvalue weighted by Crippen LogP contribution is -2.56. The molecule has 5 heterocycles. The quantitative estimate of drug-likeness (QED) is 0.350. The predicted octanol–water partition coefficient (Wildman–Crippen LogP) is 5.64. The van der Waals surface area contributed by atoms with E-state index in [1.54, 1.807) is 36.7 Å². The topological polar surface area (TPSA) is 100 Å². The highest BCUT2D eigenvalue weighted by molar-refractivity contribution is 5.95. The third-order valence-corrected chi connectivity index (χ3v) is 8.41. The smallest absolute Gasteiger partial charge is 0.319 e. The summed E-state index contributed by atoms with van der Waals surface area (Å²) < 4.78 is 0. The molecule has 39 heavy (non-hydrogen) atoms. The van der Waals surface area contributed by atoms with Gasteiger partial charge in [0.25, 0.3) is 0 Å². The number of fused-ring (bicyclic) bond motifs is 3.